The van der Waals surface area contributed by atoms with Crippen LogP contribution in [0.1, 0.15) is 5.69 Å². The number of hydrogen-bond acceptors (Lipinski definition) is 7. The molecule has 0 radical (unpaired) electrons. The largest absolute Gasteiger partial charge is 0.487 e. The van der Waals surface area contributed by atoms with Gasteiger partial charge in [-0.15, -0.1) is 16.4 Å². The first-order valence-corrected chi connectivity index (χ1v) is 7.71. The molecule has 0 amide bonds. The van der Waals surface area contributed by atoms with E-state index in [1.807, 2.05) is 41.8 Å². The van der Waals surface area contributed by atoms with Crippen molar-refractivity contribution in [2.75, 3.05) is 0 Å². The molecule has 0 atom stereocenters. The van der Waals surface area contributed by atoms with Gasteiger partial charge in [0.1, 0.15) is 30.6 Å². The highest BCUT2D eigenvalue weighted by Crippen LogP contribution is 2.24. The fraction of sp³-hybridized carbons (Fsp3) is 0.0667. The minimum absolute atomic E-state index is 0.327. The molecule has 0 N–H and O–H groups in total. The number of aromatic nitrogens is 5. The van der Waals surface area contributed by atoms with Gasteiger partial charge in [-0.05, 0) is 34.0 Å². The summed E-state index contributed by atoms with van der Waals surface area (Å²) in [4.78, 5) is 5.42. The van der Waals surface area contributed by atoms with Gasteiger partial charge in [0.05, 0.1) is 10.6 Å². The standard InChI is InChI=1S/C15H11N5O2S/c1-3-12(20-10-16-18-19-20)7-13(4-1)21-8-11-9-22-15(17-11)14-5-2-6-23-14/h1-7,9-10H,8H2. The molecule has 0 aliphatic rings. The maximum absolute atomic E-state index is 5.76. The molecular weight excluding hydrogens is 314 g/mol. The summed E-state index contributed by atoms with van der Waals surface area (Å²) in [5.41, 5.74) is 1.56. The van der Waals surface area contributed by atoms with Crippen LogP contribution in [0, 0.1) is 0 Å². The highest BCUT2D eigenvalue weighted by Gasteiger charge is 2.08. The smallest absolute Gasteiger partial charge is 0.236 e. The highest BCUT2D eigenvalue weighted by molar-refractivity contribution is 7.13. The van der Waals surface area contributed by atoms with Crippen LogP contribution in [0.25, 0.3) is 16.5 Å². The van der Waals surface area contributed by atoms with Gasteiger partial charge < -0.3 is 9.15 Å². The Morgan fingerprint density at radius 2 is 2.22 bits per heavy atom. The van der Waals surface area contributed by atoms with Crippen molar-refractivity contribution in [3.8, 4) is 22.2 Å². The van der Waals surface area contributed by atoms with Gasteiger partial charge in [0, 0.05) is 6.07 Å². The molecule has 8 heteroatoms. The van der Waals surface area contributed by atoms with E-state index in [2.05, 4.69) is 20.5 Å². The third-order valence-electron chi connectivity index (χ3n) is 3.10. The van der Waals surface area contributed by atoms with Gasteiger partial charge in [0.25, 0.3) is 0 Å². The molecular formula is C15H11N5O2S. The lowest BCUT2D eigenvalue weighted by atomic mass is 10.3. The fourth-order valence-electron chi connectivity index (χ4n) is 2.04. The molecule has 0 unspecified atom stereocenters. The van der Waals surface area contributed by atoms with E-state index in [0.29, 0.717) is 18.2 Å². The third kappa shape index (κ3) is 2.97. The highest BCUT2D eigenvalue weighted by atomic mass is 32.1. The molecule has 0 saturated heterocycles. The summed E-state index contributed by atoms with van der Waals surface area (Å²) in [6.07, 6.45) is 3.14. The minimum Gasteiger partial charge on any atom is -0.487 e. The normalized spacial score (nSPS) is 10.8. The first-order chi connectivity index (χ1) is 11.4. The van der Waals surface area contributed by atoms with E-state index in [0.717, 1.165) is 16.3 Å². The molecule has 4 aromatic rings. The number of benzene rings is 1. The van der Waals surface area contributed by atoms with Gasteiger partial charge in [-0.2, -0.15) is 0 Å². The molecule has 3 aromatic heterocycles. The number of thiophene rings is 1. The van der Waals surface area contributed by atoms with Gasteiger partial charge in [0.15, 0.2) is 0 Å². The Morgan fingerprint density at radius 3 is 3.04 bits per heavy atom. The zero-order valence-corrected chi connectivity index (χ0v) is 12.7. The molecule has 0 spiro atoms. The molecule has 1 aromatic carbocycles. The summed E-state index contributed by atoms with van der Waals surface area (Å²) < 4.78 is 12.8. The molecule has 0 fully saturated rings. The first-order valence-electron chi connectivity index (χ1n) is 6.83. The minimum atomic E-state index is 0.327. The zero-order chi connectivity index (χ0) is 15.5. The topological polar surface area (TPSA) is 78.9 Å². The second-order valence-electron chi connectivity index (χ2n) is 4.66. The van der Waals surface area contributed by atoms with E-state index in [1.54, 1.807) is 22.3 Å². The maximum atomic E-state index is 5.76. The molecule has 0 aliphatic carbocycles. The van der Waals surface area contributed by atoms with E-state index in [9.17, 15) is 0 Å². The van der Waals surface area contributed by atoms with Crippen LogP contribution in [0.4, 0.5) is 0 Å². The van der Waals surface area contributed by atoms with Gasteiger partial charge in [0.2, 0.25) is 5.89 Å². The average Bonchev–Trinajstić information content (AvgIpc) is 3.35. The van der Waals surface area contributed by atoms with Crippen LogP contribution >= 0.6 is 11.3 Å². The Labute approximate surface area is 135 Å². The molecule has 0 bridgehead atoms. The Kier molecular flexibility index (Phi) is 3.57. The van der Waals surface area contributed by atoms with Crippen molar-refractivity contribution in [2.24, 2.45) is 0 Å². The number of oxazole rings is 1. The SMILES string of the molecule is c1cc(OCc2coc(-c3cccs3)n2)cc(-n2cnnn2)c1. The lowest BCUT2D eigenvalue weighted by Gasteiger charge is -2.05. The predicted molar refractivity (Wildman–Crippen MR) is 83.3 cm³/mol. The summed E-state index contributed by atoms with van der Waals surface area (Å²) in [5, 5.41) is 13.1. The molecule has 0 saturated carbocycles. The Balaban J connectivity index is 1.46. The quantitative estimate of drug-likeness (QED) is 0.561. The second kappa shape index (κ2) is 6.01. The number of rotatable bonds is 5. The number of nitrogens with zero attached hydrogens (tertiary/aromatic N) is 5. The van der Waals surface area contributed by atoms with Gasteiger partial charge in [-0.1, -0.05) is 12.1 Å². The predicted octanol–water partition coefficient (Wildman–Crippen LogP) is 2.96. The third-order valence-corrected chi connectivity index (χ3v) is 3.96. The molecule has 0 aliphatic heterocycles. The zero-order valence-electron chi connectivity index (χ0n) is 11.9. The second-order valence-corrected chi connectivity index (χ2v) is 5.61. The number of ether oxygens (including phenoxy) is 1. The van der Waals surface area contributed by atoms with E-state index in [4.69, 9.17) is 9.15 Å². The molecule has 23 heavy (non-hydrogen) atoms. The first kappa shape index (κ1) is 13.6. The van der Waals surface area contributed by atoms with E-state index in [-0.39, 0.29) is 0 Å². The summed E-state index contributed by atoms with van der Waals surface area (Å²) in [7, 11) is 0. The van der Waals surface area contributed by atoms with Crippen LogP contribution in [0.15, 0.2) is 58.8 Å². The Bertz CT molecular complexity index is 886. The van der Waals surface area contributed by atoms with Crippen LogP contribution < -0.4 is 4.74 Å². The molecule has 7 nitrogen and oxygen atoms in total. The van der Waals surface area contributed by atoms with Crippen molar-refractivity contribution in [2.45, 2.75) is 6.61 Å². The molecule has 3 heterocycles. The van der Waals surface area contributed by atoms with Gasteiger partial charge in [-0.3, -0.25) is 0 Å². The van der Waals surface area contributed by atoms with Gasteiger partial charge >= 0.3 is 0 Å². The monoisotopic (exact) mass is 325 g/mol. The van der Waals surface area contributed by atoms with Gasteiger partial charge in [-0.25, -0.2) is 9.67 Å². The number of hydrogen-bond donors (Lipinski definition) is 0. The van der Waals surface area contributed by atoms with Crippen LogP contribution in [-0.2, 0) is 6.61 Å². The van der Waals surface area contributed by atoms with Crippen LogP contribution in [0.5, 0.6) is 5.75 Å². The van der Waals surface area contributed by atoms with Crippen LogP contribution in [0.2, 0.25) is 0 Å². The maximum Gasteiger partial charge on any atom is 0.236 e. The van der Waals surface area contributed by atoms with Crippen molar-refractivity contribution in [3.05, 3.63) is 60.1 Å². The van der Waals surface area contributed by atoms with Crippen molar-refractivity contribution in [3.63, 3.8) is 0 Å². The van der Waals surface area contributed by atoms with Crippen LogP contribution in [0.3, 0.4) is 0 Å². The van der Waals surface area contributed by atoms with Crippen LogP contribution in [-0.4, -0.2) is 25.2 Å². The average molecular weight is 325 g/mol. The van der Waals surface area contributed by atoms with Crippen molar-refractivity contribution in [1.29, 1.82) is 0 Å². The summed E-state index contributed by atoms with van der Waals surface area (Å²) in [6, 6.07) is 11.4. The van der Waals surface area contributed by atoms with E-state index in [1.165, 1.54) is 6.33 Å². The number of tetrazole rings is 1. The van der Waals surface area contributed by atoms with E-state index < -0.39 is 0 Å². The summed E-state index contributed by atoms with van der Waals surface area (Å²) >= 11 is 1.59. The lowest BCUT2D eigenvalue weighted by Crippen LogP contribution is -1.98. The van der Waals surface area contributed by atoms with E-state index >= 15 is 0 Å². The lowest BCUT2D eigenvalue weighted by molar-refractivity contribution is 0.301. The summed E-state index contributed by atoms with van der Waals surface area (Å²) in [6.45, 7) is 0.327. The van der Waals surface area contributed by atoms with Crippen molar-refractivity contribution < 1.29 is 9.15 Å². The summed E-state index contributed by atoms with van der Waals surface area (Å²) in [5.74, 6) is 1.32. The molecule has 114 valence electrons. The Hall–Kier alpha value is -3.00. The molecule has 4 rings (SSSR count). The fourth-order valence-corrected chi connectivity index (χ4v) is 2.69. The Morgan fingerprint density at radius 1 is 1.22 bits per heavy atom. The van der Waals surface area contributed by atoms with Crippen molar-refractivity contribution in [1.82, 2.24) is 25.2 Å². The van der Waals surface area contributed by atoms with Crippen molar-refractivity contribution >= 4 is 11.3 Å².